The molecule has 1 amide bonds. The number of amides is 1. The first-order chi connectivity index (χ1) is 9.55. The summed E-state index contributed by atoms with van der Waals surface area (Å²) >= 11 is 0. The van der Waals surface area contributed by atoms with Crippen molar-refractivity contribution in [2.24, 2.45) is 5.73 Å². The number of carbonyl (C=O) groups is 2. The van der Waals surface area contributed by atoms with Gasteiger partial charge in [0.15, 0.2) is 0 Å². The van der Waals surface area contributed by atoms with Gasteiger partial charge in [0, 0.05) is 11.1 Å². The first-order valence-electron chi connectivity index (χ1n) is 6.10. The third-order valence-electron chi connectivity index (χ3n) is 3.12. The molecule has 0 atom stereocenters. The zero-order chi connectivity index (χ0) is 14.7. The van der Waals surface area contributed by atoms with E-state index in [0.29, 0.717) is 16.9 Å². The third-order valence-corrected chi connectivity index (χ3v) is 3.12. The van der Waals surface area contributed by atoms with Crippen molar-refractivity contribution in [2.75, 3.05) is 7.11 Å². The highest BCUT2D eigenvalue weighted by Crippen LogP contribution is 2.28. The molecule has 0 fully saturated rings. The number of nitrogens with two attached hydrogens (primary N) is 1. The molecule has 0 radical (unpaired) electrons. The molecule has 0 saturated carbocycles. The fourth-order valence-electron chi connectivity index (χ4n) is 2.10. The van der Waals surface area contributed by atoms with Crippen molar-refractivity contribution < 1.29 is 14.3 Å². The number of primary amides is 1. The smallest absolute Gasteiger partial charge is 0.248 e. The Morgan fingerprint density at radius 1 is 1.20 bits per heavy atom. The van der Waals surface area contributed by atoms with E-state index in [2.05, 4.69) is 0 Å². The van der Waals surface area contributed by atoms with Crippen molar-refractivity contribution >= 4 is 12.2 Å². The maximum atomic E-state index is 11.2. The fraction of sp³-hybridized carbons (Fsp3) is 0.125. The van der Waals surface area contributed by atoms with Crippen LogP contribution in [0.4, 0.5) is 0 Å². The molecule has 102 valence electrons. The number of hydrogen-bond donors (Lipinski definition) is 1. The third kappa shape index (κ3) is 2.69. The van der Waals surface area contributed by atoms with Crippen LogP contribution >= 0.6 is 0 Å². The number of carbonyl (C=O) groups excluding carboxylic acids is 2. The van der Waals surface area contributed by atoms with Crippen LogP contribution < -0.4 is 10.5 Å². The number of rotatable bonds is 4. The Balaban J connectivity index is 2.56. The summed E-state index contributed by atoms with van der Waals surface area (Å²) in [5.41, 5.74) is 8.96. The summed E-state index contributed by atoms with van der Waals surface area (Å²) in [5.74, 6) is 0.154. The summed E-state index contributed by atoms with van der Waals surface area (Å²) in [5, 5.41) is 0. The van der Waals surface area contributed by atoms with E-state index in [4.69, 9.17) is 10.5 Å². The second kappa shape index (κ2) is 5.57. The number of ether oxygens (including phenoxy) is 1. The van der Waals surface area contributed by atoms with Crippen LogP contribution in [0, 0.1) is 6.92 Å². The Hall–Kier alpha value is -2.62. The topological polar surface area (TPSA) is 69.4 Å². The number of hydrogen-bond acceptors (Lipinski definition) is 3. The van der Waals surface area contributed by atoms with Crippen molar-refractivity contribution in [1.82, 2.24) is 0 Å². The van der Waals surface area contributed by atoms with E-state index < -0.39 is 5.91 Å². The normalized spacial score (nSPS) is 10.1. The molecule has 2 aromatic carbocycles. The van der Waals surface area contributed by atoms with Crippen molar-refractivity contribution in [3.8, 4) is 16.9 Å². The highest BCUT2D eigenvalue weighted by molar-refractivity contribution is 5.94. The van der Waals surface area contributed by atoms with Gasteiger partial charge < -0.3 is 10.5 Å². The van der Waals surface area contributed by atoms with Gasteiger partial charge in [-0.3, -0.25) is 9.59 Å². The van der Waals surface area contributed by atoms with Crippen LogP contribution in [0.5, 0.6) is 5.75 Å². The Morgan fingerprint density at radius 3 is 2.50 bits per heavy atom. The van der Waals surface area contributed by atoms with E-state index in [1.807, 2.05) is 19.1 Å². The molecular formula is C16H15NO3. The molecule has 2 N–H and O–H groups in total. The van der Waals surface area contributed by atoms with Crippen LogP contribution in [0.15, 0.2) is 36.4 Å². The summed E-state index contributed by atoms with van der Waals surface area (Å²) in [4.78, 5) is 22.1. The molecule has 0 bridgehead atoms. The Morgan fingerprint density at radius 2 is 1.95 bits per heavy atom. The average Bonchev–Trinajstić information content (AvgIpc) is 2.46. The van der Waals surface area contributed by atoms with Crippen LogP contribution in [-0.4, -0.2) is 19.3 Å². The van der Waals surface area contributed by atoms with Gasteiger partial charge in [0.05, 0.1) is 7.11 Å². The SMILES string of the molecule is COc1cc(C=O)cc(-c2ccc(C(N)=O)cc2C)c1. The van der Waals surface area contributed by atoms with Gasteiger partial charge in [-0.1, -0.05) is 6.07 Å². The van der Waals surface area contributed by atoms with E-state index in [0.717, 1.165) is 23.0 Å². The lowest BCUT2D eigenvalue weighted by Crippen LogP contribution is -2.10. The van der Waals surface area contributed by atoms with Crippen molar-refractivity contribution in [1.29, 1.82) is 0 Å². The first kappa shape index (κ1) is 13.8. The largest absolute Gasteiger partial charge is 0.497 e. The van der Waals surface area contributed by atoms with E-state index >= 15 is 0 Å². The van der Waals surface area contributed by atoms with Gasteiger partial charge in [-0.15, -0.1) is 0 Å². The highest BCUT2D eigenvalue weighted by atomic mass is 16.5. The zero-order valence-corrected chi connectivity index (χ0v) is 11.3. The highest BCUT2D eigenvalue weighted by Gasteiger charge is 2.08. The maximum absolute atomic E-state index is 11.2. The molecule has 4 heteroatoms. The molecule has 0 aliphatic heterocycles. The minimum absolute atomic E-state index is 0.459. The van der Waals surface area contributed by atoms with Gasteiger partial charge in [-0.05, 0) is 53.9 Å². The van der Waals surface area contributed by atoms with Crippen LogP contribution in [-0.2, 0) is 0 Å². The lowest BCUT2D eigenvalue weighted by Gasteiger charge is -2.10. The first-order valence-corrected chi connectivity index (χ1v) is 6.10. The van der Waals surface area contributed by atoms with E-state index in [-0.39, 0.29) is 0 Å². The van der Waals surface area contributed by atoms with E-state index in [1.165, 1.54) is 0 Å². The summed E-state index contributed by atoms with van der Waals surface area (Å²) < 4.78 is 5.19. The molecule has 4 nitrogen and oxygen atoms in total. The van der Waals surface area contributed by atoms with Gasteiger partial charge in [0.25, 0.3) is 0 Å². The van der Waals surface area contributed by atoms with Crippen LogP contribution in [0.25, 0.3) is 11.1 Å². The van der Waals surface area contributed by atoms with Gasteiger partial charge in [-0.2, -0.15) is 0 Å². The van der Waals surface area contributed by atoms with Gasteiger partial charge in [0.2, 0.25) is 5.91 Å². The number of methoxy groups -OCH3 is 1. The van der Waals surface area contributed by atoms with Crippen molar-refractivity contribution in [2.45, 2.75) is 6.92 Å². The van der Waals surface area contributed by atoms with E-state index in [9.17, 15) is 9.59 Å². The predicted octanol–water partition coefficient (Wildman–Crippen LogP) is 2.58. The Kier molecular flexibility index (Phi) is 3.84. The molecule has 2 rings (SSSR count). The van der Waals surface area contributed by atoms with Crippen molar-refractivity contribution in [3.05, 3.63) is 53.1 Å². The second-order valence-corrected chi connectivity index (χ2v) is 4.51. The second-order valence-electron chi connectivity index (χ2n) is 4.51. The van der Waals surface area contributed by atoms with Crippen LogP contribution in [0.2, 0.25) is 0 Å². The summed E-state index contributed by atoms with van der Waals surface area (Å²) in [6.45, 7) is 1.89. The number of benzene rings is 2. The molecule has 20 heavy (non-hydrogen) atoms. The fourth-order valence-corrected chi connectivity index (χ4v) is 2.10. The van der Waals surface area contributed by atoms with Gasteiger partial charge >= 0.3 is 0 Å². The van der Waals surface area contributed by atoms with Gasteiger partial charge in [0.1, 0.15) is 12.0 Å². The molecule has 0 aliphatic carbocycles. The Bertz CT molecular complexity index is 677. The minimum atomic E-state index is -0.459. The summed E-state index contributed by atoms with van der Waals surface area (Å²) in [6, 6.07) is 10.5. The van der Waals surface area contributed by atoms with Crippen LogP contribution in [0.3, 0.4) is 0 Å². The Labute approximate surface area is 117 Å². The zero-order valence-electron chi connectivity index (χ0n) is 11.3. The maximum Gasteiger partial charge on any atom is 0.248 e. The molecule has 0 saturated heterocycles. The van der Waals surface area contributed by atoms with E-state index in [1.54, 1.807) is 31.4 Å². The standard InChI is InChI=1S/C16H15NO3/c1-10-5-12(16(17)19)3-4-15(10)13-6-11(9-18)7-14(8-13)20-2/h3-9H,1-2H3,(H2,17,19). The number of aldehydes is 1. The molecular weight excluding hydrogens is 254 g/mol. The monoisotopic (exact) mass is 269 g/mol. The summed E-state index contributed by atoms with van der Waals surface area (Å²) in [6.07, 6.45) is 0.777. The number of aryl methyl sites for hydroxylation is 1. The molecule has 0 spiro atoms. The molecule has 0 aromatic heterocycles. The lowest BCUT2D eigenvalue weighted by molar-refractivity contribution is 0.0999. The average molecular weight is 269 g/mol. The predicted molar refractivity (Wildman–Crippen MR) is 77.1 cm³/mol. The summed E-state index contributed by atoms with van der Waals surface area (Å²) in [7, 11) is 1.55. The quantitative estimate of drug-likeness (QED) is 0.867. The van der Waals surface area contributed by atoms with Crippen molar-refractivity contribution in [3.63, 3.8) is 0 Å². The minimum Gasteiger partial charge on any atom is -0.497 e. The molecule has 0 heterocycles. The van der Waals surface area contributed by atoms with Crippen LogP contribution in [0.1, 0.15) is 26.3 Å². The van der Waals surface area contributed by atoms with Gasteiger partial charge in [-0.25, -0.2) is 0 Å². The molecule has 2 aromatic rings. The molecule has 0 unspecified atom stereocenters. The molecule has 0 aliphatic rings. The lowest BCUT2D eigenvalue weighted by atomic mass is 9.97.